The van der Waals surface area contributed by atoms with Crippen LogP contribution in [-0.4, -0.2) is 49.8 Å². The van der Waals surface area contributed by atoms with Crippen LogP contribution in [0.15, 0.2) is 15.8 Å². The Morgan fingerprint density at radius 2 is 1.96 bits per heavy atom. The van der Waals surface area contributed by atoms with Crippen molar-refractivity contribution in [1.82, 2.24) is 9.55 Å². The van der Waals surface area contributed by atoms with Crippen molar-refractivity contribution >= 4 is 0 Å². The van der Waals surface area contributed by atoms with Gasteiger partial charge in [-0.05, 0) is 12.8 Å². The molecule has 1 aromatic rings. The van der Waals surface area contributed by atoms with Crippen LogP contribution in [0.2, 0.25) is 0 Å². The highest BCUT2D eigenvalue weighted by atomic mass is 16.6. The SMILES string of the molecule is C#CCCCCC#Cc1cn([C@@H]2O[C@H](CO)[C@@H](O)[C@H]2O)c(=O)[nH]c1=O. The molecule has 0 radical (unpaired) electrons. The van der Waals surface area contributed by atoms with Crippen molar-refractivity contribution in [2.24, 2.45) is 0 Å². The van der Waals surface area contributed by atoms with Gasteiger partial charge in [0.25, 0.3) is 5.56 Å². The van der Waals surface area contributed by atoms with Gasteiger partial charge in [-0.3, -0.25) is 14.3 Å². The van der Waals surface area contributed by atoms with Crippen molar-refractivity contribution in [2.45, 2.75) is 50.2 Å². The summed E-state index contributed by atoms with van der Waals surface area (Å²) in [7, 11) is 0. The summed E-state index contributed by atoms with van der Waals surface area (Å²) < 4.78 is 6.24. The highest BCUT2D eigenvalue weighted by molar-refractivity contribution is 5.29. The molecule has 4 N–H and O–H groups in total. The van der Waals surface area contributed by atoms with Gasteiger partial charge in [-0.15, -0.1) is 12.3 Å². The molecule has 0 bridgehead atoms. The average molecular weight is 348 g/mol. The first-order valence-electron chi connectivity index (χ1n) is 7.89. The summed E-state index contributed by atoms with van der Waals surface area (Å²) in [5, 5.41) is 28.9. The standard InChI is InChI=1S/C17H20N2O6/c1-2-3-4-5-6-7-8-11-9-19(17(24)18-15(11)23)16-14(22)13(21)12(10-20)25-16/h1,9,12-14,16,20-22H,3-6,10H2,(H,18,23,24)/t12-,13-,14-,16-/m1/s1. The number of ether oxygens (including phenoxy) is 1. The summed E-state index contributed by atoms with van der Waals surface area (Å²) in [5.74, 6) is 8.04. The molecule has 134 valence electrons. The predicted molar refractivity (Wildman–Crippen MR) is 88.5 cm³/mol. The molecule has 0 amide bonds. The van der Waals surface area contributed by atoms with E-state index in [2.05, 4.69) is 22.7 Å². The number of nitrogens with one attached hydrogen (secondary N) is 1. The third-order valence-electron chi connectivity index (χ3n) is 3.86. The lowest BCUT2D eigenvalue weighted by Crippen LogP contribution is -2.38. The van der Waals surface area contributed by atoms with Crippen LogP contribution in [0.3, 0.4) is 0 Å². The number of aliphatic hydroxyl groups excluding tert-OH is 3. The van der Waals surface area contributed by atoms with Gasteiger partial charge in [-0.25, -0.2) is 4.79 Å². The topological polar surface area (TPSA) is 125 Å². The highest BCUT2D eigenvalue weighted by Crippen LogP contribution is 2.27. The van der Waals surface area contributed by atoms with Gasteiger partial charge in [0.05, 0.1) is 6.61 Å². The van der Waals surface area contributed by atoms with E-state index in [4.69, 9.17) is 16.3 Å². The second kappa shape index (κ2) is 8.65. The van der Waals surface area contributed by atoms with Gasteiger partial charge in [0.15, 0.2) is 6.23 Å². The van der Waals surface area contributed by atoms with E-state index in [-0.39, 0.29) is 5.56 Å². The molecule has 2 heterocycles. The molecule has 1 saturated heterocycles. The fraction of sp³-hybridized carbons (Fsp3) is 0.529. The molecule has 1 aliphatic heterocycles. The van der Waals surface area contributed by atoms with Crippen molar-refractivity contribution in [2.75, 3.05) is 6.61 Å². The number of hydrogen-bond donors (Lipinski definition) is 4. The van der Waals surface area contributed by atoms with Crippen LogP contribution in [0.25, 0.3) is 0 Å². The third-order valence-corrected chi connectivity index (χ3v) is 3.86. The molecule has 0 spiro atoms. The highest BCUT2D eigenvalue weighted by Gasteiger charge is 2.43. The molecule has 0 unspecified atom stereocenters. The van der Waals surface area contributed by atoms with Crippen molar-refractivity contribution in [1.29, 1.82) is 0 Å². The molecule has 1 aromatic heterocycles. The maximum Gasteiger partial charge on any atom is 0.330 e. The van der Waals surface area contributed by atoms with E-state index in [1.54, 1.807) is 0 Å². The lowest BCUT2D eigenvalue weighted by atomic mass is 10.1. The Bertz CT molecular complexity index is 809. The number of aliphatic hydroxyl groups is 3. The predicted octanol–water partition coefficient (Wildman–Crippen LogP) is -1.31. The zero-order valence-electron chi connectivity index (χ0n) is 13.5. The van der Waals surface area contributed by atoms with Gasteiger partial charge in [0.1, 0.15) is 23.9 Å². The molecule has 8 nitrogen and oxygen atoms in total. The number of H-pyrrole nitrogens is 1. The average Bonchev–Trinajstić information content (AvgIpc) is 2.87. The van der Waals surface area contributed by atoms with E-state index >= 15 is 0 Å². The Hall–Kier alpha value is -2.36. The molecule has 4 atom stereocenters. The number of aromatic amines is 1. The van der Waals surface area contributed by atoms with Crippen LogP contribution >= 0.6 is 0 Å². The minimum Gasteiger partial charge on any atom is -0.394 e. The summed E-state index contributed by atoms with van der Waals surface area (Å²) in [6, 6.07) is 0. The molecule has 0 saturated carbocycles. The Morgan fingerprint density at radius 3 is 2.60 bits per heavy atom. The lowest BCUT2D eigenvalue weighted by Gasteiger charge is -2.17. The molecule has 0 aliphatic carbocycles. The van der Waals surface area contributed by atoms with Crippen molar-refractivity contribution < 1.29 is 20.1 Å². The summed E-state index contributed by atoms with van der Waals surface area (Å²) in [4.78, 5) is 25.9. The number of terminal acetylenes is 1. The van der Waals surface area contributed by atoms with Gasteiger partial charge in [0, 0.05) is 19.0 Å². The summed E-state index contributed by atoms with van der Waals surface area (Å²) in [5.41, 5.74) is -1.42. The van der Waals surface area contributed by atoms with Gasteiger partial charge in [-0.1, -0.05) is 11.8 Å². The Kier molecular flexibility index (Phi) is 6.57. The van der Waals surface area contributed by atoms with E-state index in [0.29, 0.717) is 12.8 Å². The van der Waals surface area contributed by atoms with E-state index in [1.165, 1.54) is 6.20 Å². The first-order valence-corrected chi connectivity index (χ1v) is 7.89. The lowest BCUT2D eigenvalue weighted by molar-refractivity contribution is -0.0550. The second-order valence-corrected chi connectivity index (χ2v) is 5.65. The summed E-state index contributed by atoms with van der Waals surface area (Å²) in [6.07, 6.45) is 4.15. The fourth-order valence-corrected chi connectivity index (χ4v) is 2.47. The largest absolute Gasteiger partial charge is 0.394 e. The first-order chi connectivity index (χ1) is 12.0. The molecule has 1 fully saturated rings. The normalized spacial score (nSPS) is 25.2. The van der Waals surface area contributed by atoms with Gasteiger partial charge in [0.2, 0.25) is 0 Å². The minimum absolute atomic E-state index is 0.0364. The Labute approximate surface area is 144 Å². The number of hydrogen-bond acceptors (Lipinski definition) is 6. The number of aromatic nitrogens is 2. The smallest absolute Gasteiger partial charge is 0.330 e. The van der Waals surface area contributed by atoms with Crippen LogP contribution in [0.4, 0.5) is 0 Å². The number of rotatable bonds is 5. The Balaban J connectivity index is 2.21. The fourth-order valence-electron chi connectivity index (χ4n) is 2.47. The van der Waals surface area contributed by atoms with Crippen LogP contribution in [0.1, 0.15) is 37.5 Å². The second-order valence-electron chi connectivity index (χ2n) is 5.65. The maximum absolute atomic E-state index is 12.0. The van der Waals surface area contributed by atoms with Crippen LogP contribution in [0.5, 0.6) is 0 Å². The van der Waals surface area contributed by atoms with E-state index < -0.39 is 42.4 Å². The molecule has 8 heteroatoms. The van der Waals surface area contributed by atoms with Gasteiger partial charge >= 0.3 is 5.69 Å². The third kappa shape index (κ3) is 4.38. The molecular weight excluding hydrogens is 328 g/mol. The molecule has 0 aromatic carbocycles. The van der Waals surface area contributed by atoms with E-state index in [9.17, 15) is 19.8 Å². The van der Waals surface area contributed by atoms with Crippen LogP contribution < -0.4 is 11.2 Å². The van der Waals surface area contributed by atoms with Gasteiger partial charge < -0.3 is 20.1 Å². The van der Waals surface area contributed by atoms with Crippen LogP contribution in [-0.2, 0) is 4.74 Å². The van der Waals surface area contributed by atoms with Gasteiger partial charge in [-0.2, -0.15) is 0 Å². The van der Waals surface area contributed by atoms with Crippen molar-refractivity contribution in [3.8, 4) is 24.2 Å². The molecule has 25 heavy (non-hydrogen) atoms. The maximum atomic E-state index is 12.0. The molecular formula is C17H20N2O6. The first kappa shape index (κ1) is 19.0. The zero-order valence-corrected chi connectivity index (χ0v) is 13.5. The minimum atomic E-state index is -1.43. The van der Waals surface area contributed by atoms with Crippen molar-refractivity contribution in [3.05, 3.63) is 32.6 Å². The van der Waals surface area contributed by atoms with Crippen LogP contribution in [0, 0.1) is 24.2 Å². The van der Waals surface area contributed by atoms with Crippen molar-refractivity contribution in [3.63, 3.8) is 0 Å². The molecule has 1 aliphatic rings. The summed E-state index contributed by atoms with van der Waals surface area (Å²) in [6.45, 7) is -0.517. The quantitative estimate of drug-likeness (QED) is 0.387. The van der Waals surface area contributed by atoms with E-state index in [1.807, 2.05) is 0 Å². The number of nitrogens with zero attached hydrogens (tertiary/aromatic N) is 1. The zero-order chi connectivity index (χ0) is 18.4. The monoisotopic (exact) mass is 348 g/mol. The Morgan fingerprint density at radius 1 is 1.24 bits per heavy atom. The summed E-state index contributed by atoms with van der Waals surface area (Å²) >= 11 is 0. The molecule has 2 rings (SSSR count). The van der Waals surface area contributed by atoms with E-state index in [0.717, 1.165) is 17.4 Å². The number of unbranched alkanes of at least 4 members (excludes halogenated alkanes) is 3.